The number of hydrogen-bond donors (Lipinski definition) is 1. The van der Waals surface area contributed by atoms with Gasteiger partial charge in [0.15, 0.2) is 0 Å². The summed E-state index contributed by atoms with van der Waals surface area (Å²) in [5.41, 5.74) is 3.09. The molecule has 1 aromatic carbocycles. The maximum atomic E-state index is 11.8. The lowest BCUT2D eigenvalue weighted by Gasteiger charge is -2.24. The third-order valence-corrected chi connectivity index (χ3v) is 2.92. The summed E-state index contributed by atoms with van der Waals surface area (Å²) in [7, 11) is 0. The Morgan fingerprint density at radius 2 is 2.38 bits per heavy atom. The molecule has 1 unspecified atom stereocenters. The number of rotatable bonds is 2. The van der Waals surface area contributed by atoms with Crippen LogP contribution in [0.1, 0.15) is 35.3 Å². The molecule has 0 spiro atoms. The molecule has 1 aromatic rings. The molecule has 1 atom stereocenters. The zero-order valence-corrected chi connectivity index (χ0v) is 9.75. The molecular formula is C13H17NO2. The molecule has 0 amide bonds. The first-order valence-corrected chi connectivity index (χ1v) is 5.73. The van der Waals surface area contributed by atoms with E-state index < -0.39 is 0 Å². The average Bonchev–Trinajstić information content (AvgIpc) is 2.28. The lowest BCUT2D eigenvalue weighted by molar-refractivity contribution is 0.0524. The third-order valence-electron chi connectivity index (χ3n) is 2.92. The average molecular weight is 219 g/mol. The number of hydrogen-bond acceptors (Lipinski definition) is 3. The first-order valence-electron chi connectivity index (χ1n) is 5.73. The van der Waals surface area contributed by atoms with Crippen LogP contribution in [0.5, 0.6) is 0 Å². The molecule has 1 aliphatic heterocycles. The van der Waals surface area contributed by atoms with E-state index in [1.807, 2.05) is 19.1 Å². The van der Waals surface area contributed by atoms with E-state index in [4.69, 9.17) is 4.74 Å². The van der Waals surface area contributed by atoms with Gasteiger partial charge >= 0.3 is 5.97 Å². The van der Waals surface area contributed by atoms with Crippen LogP contribution in [-0.4, -0.2) is 18.6 Å². The van der Waals surface area contributed by atoms with Gasteiger partial charge in [-0.05, 0) is 37.5 Å². The SMILES string of the molecule is CCOC(=O)c1cccc2c1CC(C)NC2. The van der Waals surface area contributed by atoms with Gasteiger partial charge in [0.25, 0.3) is 0 Å². The molecule has 1 heterocycles. The highest BCUT2D eigenvalue weighted by molar-refractivity contribution is 5.91. The lowest BCUT2D eigenvalue weighted by atomic mass is 9.92. The minimum absolute atomic E-state index is 0.201. The fraction of sp³-hybridized carbons (Fsp3) is 0.462. The molecule has 0 bridgehead atoms. The van der Waals surface area contributed by atoms with Crippen LogP contribution >= 0.6 is 0 Å². The molecule has 86 valence electrons. The van der Waals surface area contributed by atoms with E-state index >= 15 is 0 Å². The Balaban J connectivity index is 2.35. The van der Waals surface area contributed by atoms with Crippen molar-refractivity contribution in [3.63, 3.8) is 0 Å². The molecule has 16 heavy (non-hydrogen) atoms. The summed E-state index contributed by atoms with van der Waals surface area (Å²) in [6.07, 6.45) is 0.893. The number of carbonyl (C=O) groups is 1. The van der Waals surface area contributed by atoms with Gasteiger partial charge in [-0.15, -0.1) is 0 Å². The molecule has 1 aliphatic rings. The summed E-state index contributed by atoms with van der Waals surface area (Å²) < 4.78 is 5.07. The highest BCUT2D eigenvalue weighted by Gasteiger charge is 2.20. The standard InChI is InChI=1S/C13H17NO2/c1-3-16-13(15)11-6-4-5-10-8-14-9(2)7-12(10)11/h4-6,9,14H,3,7-8H2,1-2H3. The molecule has 0 aromatic heterocycles. The summed E-state index contributed by atoms with van der Waals surface area (Å²) in [5, 5.41) is 3.38. The fourth-order valence-electron chi connectivity index (χ4n) is 2.10. The normalized spacial score (nSPS) is 19.0. The molecular weight excluding hydrogens is 202 g/mol. The zero-order valence-electron chi connectivity index (χ0n) is 9.75. The Kier molecular flexibility index (Phi) is 3.25. The van der Waals surface area contributed by atoms with Crippen LogP contribution in [0.4, 0.5) is 0 Å². The summed E-state index contributed by atoms with van der Waals surface area (Å²) in [6.45, 7) is 5.22. The quantitative estimate of drug-likeness (QED) is 0.772. The molecule has 2 rings (SSSR count). The van der Waals surface area contributed by atoms with Crippen molar-refractivity contribution < 1.29 is 9.53 Å². The van der Waals surface area contributed by atoms with Crippen molar-refractivity contribution in [2.75, 3.05) is 6.61 Å². The van der Waals surface area contributed by atoms with E-state index in [2.05, 4.69) is 18.3 Å². The Morgan fingerprint density at radius 1 is 1.56 bits per heavy atom. The van der Waals surface area contributed by atoms with E-state index in [1.54, 1.807) is 0 Å². The van der Waals surface area contributed by atoms with Crippen LogP contribution in [0.15, 0.2) is 18.2 Å². The molecule has 0 aliphatic carbocycles. The van der Waals surface area contributed by atoms with Crippen LogP contribution in [0.3, 0.4) is 0 Å². The second kappa shape index (κ2) is 4.66. The predicted octanol–water partition coefficient (Wildman–Crippen LogP) is 1.90. The lowest BCUT2D eigenvalue weighted by Crippen LogP contribution is -2.34. The topological polar surface area (TPSA) is 38.3 Å². The predicted molar refractivity (Wildman–Crippen MR) is 62.4 cm³/mol. The summed E-state index contributed by atoms with van der Waals surface area (Å²) in [4.78, 5) is 11.8. The molecule has 0 saturated heterocycles. The summed E-state index contributed by atoms with van der Waals surface area (Å²) >= 11 is 0. The van der Waals surface area contributed by atoms with Crippen molar-refractivity contribution in [3.8, 4) is 0 Å². The largest absolute Gasteiger partial charge is 0.462 e. The van der Waals surface area contributed by atoms with E-state index in [0.717, 1.165) is 24.1 Å². The van der Waals surface area contributed by atoms with Crippen molar-refractivity contribution >= 4 is 5.97 Å². The van der Waals surface area contributed by atoms with Crippen LogP contribution in [-0.2, 0) is 17.7 Å². The Morgan fingerprint density at radius 3 is 3.12 bits per heavy atom. The zero-order chi connectivity index (χ0) is 11.5. The first kappa shape index (κ1) is 11.1. The van der Waals surface area contributed by atoms with Crippen molar-refractivity contribution in [1.82, 2.24) is 5.32 Å². The number of nitrogens with one attached hydrogen (secondary N) is 1. The molecule has 1 N–H and O–H groups in total. The highest BCUT2D eigenvalue weighted by atomic mass is 16.5. The number of fused-ring (bicyclic) bond motifs is 1. The Bertz CT molecular complexity index is 401. The van der Waals surface area contributed by atoms with Gasteiger partial charge in [0, 0.05) is 12.6 Å². The summed E-state index contributed by atoms with van der Waals surface area (Å²) in [5.74, 6) is -0.201. The van der Waals surface area contributed by atoms with E-state index in [0.29, 0.717) is 12.6 Å². The van der Waals surface area contributed by atoms with Gasteiger partial charge in [-0.2, -0.15) is 0 Å². The monoisotopic (exact) mass is 219 g/mol. The highest BCUT2D eigenvalue weighted by Crippen LogP contribution is 2.21. The maximum Gasteiger partial charge on any atom is 0.338 e. The number of carbonyl (C=O) groups excluding carboxylic acids is 1. The second-order valence-corrected chi connectivity index (χ2v) is 4.15. The van der Waals surface area contributed by atoms with Crippen LogP contribution < -0.4 is 5.32 Å². The number of ether oxygens (including phenoxy) is 1. The van der Waals surface area contributed by atoms with Crippen LogP contribution in [0.2, 0.25) is 0 Å². The van der Waals surface area contributed by atoms with Gasteiger partial charge in [-0.3, -0.25) is 0 Å². The van der Waals surface area contributed by atoms with E-state index in [1.165, 1.54) is 5.56 Å². The number of benzene rings is 1. The van der Waals surface area contributed by atoms with Gasteiger partial charge in [0.2, 0.25) is 0 Å². The number of esters is 1. The third kappa shape index (κ3) is 2.09. The second-order valence-electron chi connectivity index (χ2n) is 4.15. The molecule has 3 nitrogen and oxygen atoms in total. The molecule has 0 radical (unpaired) electrons. The fourth-order valence-corrected chi connectivity index (χ4v) is 2.10. The van der Waals surface area contributed by atoms with Gasteiger partial charge in [-0.1, -0.05) is 12.1 Å². The van der Waals surface area contributed by atoms with Gasteiger partial charge < -0.3 is 10.1 Å². The van der Waals surface area contributed by atoms with Crippen LogP contribution in [0, 0.1) is 0 Å². The van der Waals surface area contributed by atoms with Crippen LogP contribution in [0.25, 0.3) is 0 Å². The van der Waals surface area contributed by atoms with Crippen molar-refractivity contribution in [2.45, 2.75) is 32.9 Å². The minimum atomic E-state index is -0.201. The maximum absolute atomic E-state index is 11.8. The first-order chi connectivity index (χ1) is 7.72. The van der Waals surface area contributed by atoms with Crippen molar-refractivity contribution in [2.24, 2.45) is 0 Å². The molecule has 0 fully saturated rings. The Labute approximate surface area is 95.8 Å². The van der Waals surface area contributed by atoms with E-state index in [9.17, 15) is 4.79 Å². The van der Waals surface area contributed by atoms with Gasteiger partial charge in [0.05, 0.1) is 12.2 Å². The Hall–Kier alpha value is -1.35. The van der Waals surface area contributed by atoms with E-state index in [-0.39, 0.29) is 5.97 Å². The van der Waals surface area contributed by atoms with Gasteiger partial charge in [0.1, 0.15) is 0 Å². The van der Waals surface area contributed by atoms with Crippen molar-refractivity contribution in [3.05, 3.63) is 34.9 Å². The molecule has 0 saturated carbocycles. The van der Waals surface area contributed by atoms with Crippen molar-refractivity contribution in [1.29, 1.82) is 0 Å². The molecule has 3 heteroatoms. The smallest absolute Gasteiger partial charge is 0.338 e. The summed E-state index contributed by atoms with van der Waals surface area (Å²) in [6, 6.07) is 6.26. The van der Waals surface area contributed by atoms with Gasteiger partial charge in [-0.25, -0.2) is 4.79 Å². The minimum Gasteiger partial charge on any atom is -0.462 e.